The highest BCUT2D eigenvalue weighted by molar-refractivity contribution is 6.30. The molecular formula is C19H21ClN4O2. The number of nitro groups is 1. The molecule has 1 aliphatic heterocycles. The maximum absolute atomic E-state index is 10.9. The van der Waals surface area contributed by atoms with Crippen molar-refractivity contribution in [1.82, 2.24) is 9.91 Å². The van der Waals surface area contributed by atoms with Gasteiger partial charge in [0.1, 0.15) is 0 Å². The van der Waals surface area contributed by atoms with E-state index in [0.717, 1.165) is 49.0 Å². The molecule has 1 heterocycles. The number of halogens is 1. The van der Waals surface area contributed by atoms with Gasteiger partial charge in [-0.25, -0.2) is 0 Å². The van der Waals surface area contributed by atoms with Crippen molar-refractivity contribution in [2.75, 3.05) is 26.2 Å². The van der Waals surface area contributed by atoms with Crippen LogP contribution in [0.15, 0.2) is 53.6 Å². The summed E-state index contributed by atoms with van der Waals surface area (Å²) < 4.78 is 0. The van der Waals surface area contributed by atoms with Crippen LogP contribution in [0.4, 0.5) is 5.69 Å². The van der Waals surface area contributed by atoms with Crippen molar-refractivity contribution >= 4 is 23.0 Å². The number of hydrogen-bond donors (Lipinski definition) is 0. The molecule has 136 valence electrons. The van der Waals surface area contributed by atoms with Crippen LogP contribution in [0.25, 0.3) is 0 Å². The lowest BCUT2D eigenvalue weighted by Crippen LogP contribution is -2.43. The van der Waals surface area contributed by atoms with Gasteiger partial charge in [0.05, 0.1) is 10.6 Å². The van der Waals surface area contributed by atoms with E-state index >= 15 is 0 Å². The minimum absolute atomic E-state index is 0.0878. The van der Waals surface area contributed by atoms with Gasteiger partial charge in [0.2, 0.25) is 0 Å². The molecule has 0 aromatic heterocycles. The van der Waals surface area contributed by atoms with Crippen molar-refractivity contribution in [3.8, 4) is 0 Å². The molecule has 2 aromatic rings. The first kappa shape index (κ1) is 18.4. The third kappa shape index (κ3) is 4.80. The Bertz CT molecular complexity index is 799. The molecule has 0 spiro atoms. The normalized spacial score (nSPS) is 15.9. The van der Waals surface area contributed by atoms with Gasteiger partial charge in [-0.05, 0) is 24.6 Å². The van der Waals surface area contributed by atoms with Crippen molar-refractivity contribution in [3.05, 3.63) is 74.8 Å². The van der Waals surface area contributed by atoms with Crippen LogP contribution in [0.5, 0.6) is 0 Å². The predicted octanol–water partition coefficient (Wildman–Crippen LogP) is 3.79. The SMILES string of the molecule is C/C(=N/N1CCN(Cc2ccc(Cl)cc2)CC1)c1cccc([N+](=O)[O-])c1. The van der Waals surface area contributed by atoms with Gasteiger partial charge in [-0.3, -0.25) is 20.0 Å². The Kier molecular flexibility index (Phi) is 5.85. The highest BCUT2D eigenvalue weighted by Crippen LogP contribution is 2.16. The second-order valence-corrected chi connectivity index (χ2v) is 6.79. The van der Waals surface area contributed by atoms with E-state index < -0.39 is 0 Å². The molecule has 7 heteroatoms. The Morgan fingerprint density at radius 2 is 1.85 bits per heavy atom. The van der Waals surface area contributed by atoms with E-state index in [1.54, 1.807) is 12.1 Å². The summed E-state index contributed by atoms with van der Waals surface area (Å²) in [6.07, 6.45) is 0. The van der Waals surface area contributed by atoms with Crippen LogP contribution >= 0.6 is 11.6 Å². The van der Waals surface area contributed by atoms with E-state index in [1.807, 2.05) is 30.1 Å². The number of hydrogen-bond acceptors (Lipinski definition) is 5. The summed E-state index contributed by atoms with van der Waals surface area (Å²) in [7, 11) is 0. The summed E-state index contributed by atoms with van der Waals surface area (Å²) >= 11 is 5.93. The molecule has 1 saturated heterocycles. The first-order valence-electron chi connectivity index (χ1n) is 8.53. The molecule has 3 rings (SSSR count). The first-order valence-corrected chi connectivity index (χ1v) is 8.91. The number of hydrazone groups is 1. The fourth-order valence-corrected chi connectivity index (χ4v) is 3.08. The summed E-state index contributed by atoms with van der Waals surface area (Å²) in [6, 6.07) is 14.5. The van der Waals surface area contributed by atoms with Crippen molar-refractivity contribution in [1.29, 1.82) is 0 Å². The van der Waals surface area contributed by atoms with Crippen LogP contribution in [0.1, 0.15) is 18.1 Å². The molecule has 0 bridgehead atoms. The zero-order valence-electron chi connectivity index (χ0n) is 14.6. The Morgan fingerprint density at radius 3 is 2.50 bits per heavy atom. The first-order chi connectivity index (χ1) is 12.5. The third-order valence-corrected chi connectivity index (χ3v) is 4.69. The van der Waals surface area contributed by atoms with Crippen LogP contribution in [0.3, 0.4) is 0 Å². The molecule has 26 heavy (non-hydrogen) atoms. The molecule has 0 N–H and O–H groups in total. The van der Waals surface area contributed by atoms with Crippen LogP contribution in [-0.4, -0.2) is 46.7 Å². The van der Waals surface area contributed by atoms with Crippen LogP contribution < -0.4 is 0 Å². The minimum atomic E-state index is -0.383. The van der Waals surface area contributed by atoms with Gasteiger partial charge in [0.15, 0.2) is 0 Å². The quantitative estimate of drug-likeness (QED) is 0.455. The third-order valence-electron chi connectivity index (χ3n) is 4.43. The van der Waals surface area contributed by atoms with Crippen molar-refractivity contribution in [3.63, 3.8) is 0 Å². The zero-order valence-corrected chi connectivity index (χ0v) is 15.4. The van der Waals surface area contributed by atoms with Gasteiger partial charge in [-0.15, -0.1) is 0 Å². The maximum Gasteiger partial charge on any atom is 0.270 e. The second-order valence-electron chi connectivity index (χ2n) is 6.35. The monoisotopic (exact) mass is 372 g/mol. The van der Waals surface area contributed by atoms with Gasteiger partial charge in [-0.2, -0.15) is 5.10 Å². The molecule has 1 aliphatic rings. The zero-order chi connectivity index (χ0) is 18.5. The standard InChI is InChI=1S/C19H21ClN4O2/c1-15(17-3-2-4-19(13-17)24(25)26)21-23-11-9-22(10-12-23)14-16-5-7-18(20)8-6-16/h2-8,13H,9-12,14H2,1H3/b21-15-. The lowest BCUT2D eigenvalue weighted by atomic mass is 10.1. The number of non-ortho nitro benzene ring substituents is 1. The van der Waals surface area contributed by atoms with Gasteiger partial charge in [0, 0.05) is 55.4 Å². The van der Waals surface area contributed by atoms with Gasteiger partial charge >= 0.3 is 0 Å². The largest absolute Gasteiger partial charge is 0.295 e. The molecule has 0 amide bonds. The highest BCUT2D eigenvalue weighted by atomic mass is 35.5. The van der Waals surface area contributed by atoms with E-state index in [2.05, 4.69) is 22.1 Å². The molecule has 0 atom stereocenters. The second kappa shape index (κ2) is 8.29. The highest BCUT2D eigenvalue weighted by Gasteiger charge is 2.16. The summed E-state index contributed by atoms with van der Waals surface area (Å²) in [5.41, 5.74) is 2.91. The number of benzene rings is 2. The average Bonchev–Trinajstić information content (AvgIpc) is 2.65. The van der Waals surface area contributed by atoms with Crippen molar-refractivity contribution < 1.29 is 4.92 Å². The molecular weight excluding hydrogens is 352 g/mol. The van der Waals surface area contributed by atoms with Gasteiger partial charge < -0.3 is 0 Å². The minimum Gasteiger partial charge on any atom is -0.295 e. The average molecular weight is 373 g/mol. The Morgan fingerprint density at radius 1 is 1.15 bits per heavy atom. The molecule has 1 fully saturated rings. The lowest BCUT2D eigenvalue weighted by Gasteiger charge is -2.33. The fraction of sp³-hybridized carbons (Fsp3) is 0.316. The summed E-state index contributed by atoms with van der Waals surface area (Å²) in [5, 5.41) is 18.3. The molecule has 2 aromatic carbocycles. The molecule has 6 nitrogen and oxygen atoms in total. The van der Waals surface area contributed by atoms with Gasteiger partial charge in [0.25, 0.3) is 5.69 Å². The summed E-state index contributed by atoms with van der Waals surface area (Å²) in [4.78, 5) is 12.9. The smallest absolute Gasteiger partial charge is 0.270 e. The Balaban J connectivity index is 1.57. The molecule has 0 aliphatic carbocycles. The Hall–Kier alpha value is -2.44. The number of nitrogens with zero attached hydrogens (tertiary/aromatic N) is 4. The number of rotatable bonds is 5. The topological polar surface area (TPSA) is 62.0 Å². The summed E-state index contributed by atoms with van der Waals surface area (Å²) in [6.45, 7) is 6.31. The molecule has 0 saturated carbocycles. The Labute approximate surface area is 157 Å². The van der Waals surface area contributed by atoms with E-state index in [4.69, 9.17) is 11.6 Å². The lowest BCUT2D eigenvalue weighted by molar-refractivity contribution is -0.384. The van der Waals surface area contributed by atoms with Gasteiger partial charge in [-0.1, -0.05) is 35.9 Å². The predicted molar refractivity (Wildman–Crippen MR) is 104 cm³/mol. The number of nitro benzene ring substituents is 1. The van der Waals surface area contributed by atoms with Crippen LogP contribution in [0, 0.1) is 10.1 Å². The van der Waals surface area contributed by atoms with E-state index in [9.17, 15) is 10.1 Å². The number of piperazine rings is 1. The molecule has 0 unspecified atom stereocenters. The van der Waals surface area contributed by atoms with E-state index in [1.165, 1.54) is 11.6 Å². The van der Waals surface area contributed by atoms with Crippen LogP contribution in [0.2, 0.25) is 5.02 Å². The van der Waals surface area contributed by atoms with E-state index in [0.29, 0.717) is 0 Å². The van der Waals surface area contributed by atoms with E-state index in [-0.39, 0.29) is 10.6 Å². The van der Waals surface area contributed by atoms with Crippen LogP contribution in [-0.2, 0) is 6.54 Å². The maximum atomic E-state index is 10.9. The summed E-state index contributed by atoms with van der Waals surface area (Å²) in [5.74, 6) is 0. The molecule has 0 radical (unpaired) electrons. The van der Waals surface area contributed by atoms with Crippen molar-refractivity contribution in [2.24, 2.45) is 5.10 Å². The van der Waals surface area contributed by atoms with Crippen molar-refractivity contribution in [2.45, 2.75) is 13.5 Å². The fourth-order valence-electron chi connectivity index (χ4n) is 2.96.